The number of nitrogens with zero attached hydrogens (tertiary/aromatic N) is 2. The lowest BCUT2D eigenvalue weighted by molar-refractivity contribution is 0.595. The number of nitrogens with one attached hydrogen (secondary N) is 1. The predicted molar refractivity (Wildman–Crippen MR) is 83.7 cm³/mol. The lowest BCUT2D eigenvalue weighted by atomic mass is 10.1. The van der Waals surface area contributed by atoms with Crippen molar-refractivity contribution in [2.24, 2.45) is 0 Å². The van der Waals surface area contributed by atoms with Crippen molar-refractivity contribution in [3.63, 3.8) is 0 Å². The van der Waals surface area contributed by atoms with Crippen LogP contribution in [0.25, 0.3) is 0 Å². The van der Waals surface area contributed by atoms with Crippen LogP contribution in [0, 0.1) is 13.8 Å². The molecule has 0 atom stereocenters. The number of anilines is 2. The molecule has 0 aliphatic carbocycles. The van der Waals surface area contributed by atoms with E-state index in [0.717, 1.165) is 17.5 Å². The van der Waals surface area contributed by atoms with E-state index >= 15 is 0 Å². The maximum absolute atomic E-state index is 12.4. The third kappa shape index (κ3) is 3.55. The summed E-state index contributed by atoms with van der Waals surface area (Å²) < 4.78 is 28.9. The van der Waals surface area contributed by atoms with Crippen LogP contribution in [0.15, 0.2) is 29.3 Å². The van der Waals surface area contributed by atoms with Crippen molar-refractivity contribution in [3.05, 3.63) is 35.5 Å². The zero-order chi connectivity index (χ0) is 15.6. The average molecular weight is 308 g/mol. The number of nitrogen functional groups attached to an aromatic ring is 1. The zero-order valence-electron chi connectivity index (χ0n) is 12.4. The SMILES string of the molecule is CCCn1cc(S(=O)(=O)Nc2cc(C)cc(C)c2)c(N)n1. The van der Waals surface area contributed by atoms with E-state index in [-0.39, 0.29) is 10.7 Å². The Hall–Kier alpha value is -2.02. The fourth-order valence-corrected chi connectivity index (χ4v) is 3.33. The van der Waals surface area contributed by atoms with Crippen LogP contribution in [-0.4, -0.2) is 18.2 Å². The number of hydrogen-bond acceptors (Lipinski definition) is 4. The number of rotatable bonds is 5. The van der Waals surface area contributed by atoms with E-state index < -0.39 is 10.0 Å². The highest BCUT2D eigenvalue weighted by Crippen LogP contribution is 2.22. The molecule has 0 saturated heterocycles. The Kier molecular flexibility index (Phi) is 4.22. The Morgan fingerprint density at radius 3 is 2.43 bits per heavy atom. The average Bonchev–Trinajstić information content (AvgIpc) is 2.69. The van der Waals surface area contributed by atoms with Gasteiger partial charge < -0.3 is 5.73 Å². The first-order chi connectivity index (χ1) is 9.81. The molecule has 0 amide bonds. The van der Waals surface area contributed by atoms with Gasteiger partial charge in [-0.1, -0.05) is 13.0 Å². The standard InChI is InChI=1S/C14H20N4O2S/c1-4-5-18-9-13(14(15)16-18)21(19,20)17-12-7-10(2)6-11(3)8-12/h6-9,17H,4-5H2,1-3H3,(H2,15,16). The van der Waals surface area contributed by atoms with Crippen LogP contribution in [0.2, 0.25) is 0 Å². The predicted octanol–water partition coefficient (Wildman–Crippen LogP) is 2.29. The van der Waals surface area contributed by atoms with Gasteiger partial charge >= 0.3 is 0 Å². The summed E-state index contributed by atoms with van der Waals surface area (Å²) in [6, 6.07) is 5.53. The number of sulfonamides is 1. The summed E-state index contributed by atoms with van der Waals surface area (Å²) in [4.78, 5) is 0.00936. The van der Waals surface area contributed by atoms with Crippen LogP contribution < -0.4 is 10.5 Å². The summed E-state index contributed by atoms with van der Waals surface area (Å²) in [5, 5.41) is 4.02. The molecule has 2 rings (SSSR count). The summed E-state index contributed by atoms with van der Waals surface area (Å²) in [7, 11) is -3.73. The summed E-state index contributed by atoms with van der Waals surface area (Å²) in [5.74, 6) is 0.0142. The fourth-order valence-electron chi connectivity index (χ4n) is 2.21. The van der Waals surface area contributed by atoms with E-state index in [4.69, 9.17) is 5.73 Å². The van der Waals surface area contributed by atoms with Crippen molar-refractivity contribution >= 4 is 21.5 Å². The van der Waals surface area contributed by atoms with E-state index in [1.807, 2.05) is 26.8 Å². The second-order valence-corrected chi connectivity index (χ2v) is 6.77. The fraction of sp³-hybridized carbons (Fsp3) is 0.357. The van der Waals surface area contributed by atoms with Gasteiger partial charge in [-0.3, -0.25) is 9.40 Å². The number of nitrogens with two attached hydrogens (primary N) is 1. The van der Waals surface area contributed by atoms with Gasteiger partial charge in [0.05, 0.1) is 0 Å². The normalized spacial score (nSPS) is 11.6. The van der Waals surface area contributed by atoms with E-state index in [2.05, 4.69) is 9.82 Å². The number of aromatic nitrogens is 2. The lowest BCUT2D eigenvalue weighted by Crippen LogP contribution is -2.14. The molecular formula is C14H20N4O2S. The van der Waals surface area contributed by atoms with Gasteiger partial charge in [-0.25, -0.2) is 8.42 Å². The minimum atomic E-state index is -3.73. The minimum absolute atomic E-state index is 0.00936. The summed E-state index contributed by atoms with van der Waals surface area (Å²) in [6.07, 6.45) is 2.31. The van der Waals surface area contributed by atoms with Gasteiger partial charge in [0, 0.05) is 18.4 Å². The van der Waals surface area contributed by atoms with Gasteiger partial charge in [0.1, 0.15) is 4.90 Å². The molecule has 7 heteroatoms. The molecule has 0 aliphatic rings. The molecular weight excluding hydrogens is 288 g/mol. The van der Waals surface area contributed by atoms with Crippen LogP contribution in [0.5, 0.6) is 0 Å². The molecule has 21 heavy (non-hydrogen) atoms. The van der Waals surface area contributed by atoms with Crippen LogP contribution in [0.4, 0.5) is 11.5 Å². The molecule has 0 unspecified atom stereocenters. The Bertz CT molecular complexity index is 730. The van der Waals surface area contributed by atoms with Crippen LogP contribution in [0.1, 0.15) is 24.5 Å². The number of aryl methyl sites for hydroxylation is 3. The molecule has 3 N–H and O–H groups in total. The lowest BCUT2D eigenvalue weighted by Gasteiger charge is -2.08. The van der Waals surface area contributed by atoms with Crippen LogP contribution in [-0.2, 0) is 16.6 Å². The topological polar surface area (TPSA) is 90.0 Å². The summed E-state index contributed by atoms with van der Waals surface area (Å²) in [5.41, 5.74) is 8.22. The quantitative estimate of drug-likeness (QED) is 0.886. The molecule has 0 fully saturated rings. The maximum atomic E-state index is 12.4. The molecule has 2 aromatic rings. The van der Waals surface area contributed by atoms with Crippen molar-refractivity contribution in [3.8, 4) is 0 Å². The van der Waals surface area contributed by atoms with Gasteiger partial charge in [0.15, 0.2) is 5.82 Å². The van der Waals surface area contributed by atoms with Gasteiger partial charge in [-0.05, 0) is 43.5 Å². The Labute approximate surface area is 125 Å². The third-order valence-corrected chi connectivity index (χ3v) is 4.37. The van der Waals surface area contributed by atoms with Crippen molar-refractivity contribution in [1.29, 1.82) is 0 Å². The van der Waals surface area contributed by atoms with Crippen molar-refractivity contribution < 1.29 is 8.42 Å². The molecule has 0 spiro atoms. The number of hydrogen-bond donors (Lipinski definition) is 2. The molecule has 114 valence electrons. The van der Waals surface area contributed by atoms with Crippen molar-refractivity contribution in [2.75, 3.05) is 10.5 Å². The zero-order valence-corrected chi connectivity index (χ0v) is 13.2. The van der Waals surface area contributed by atoms with E-state index in [1.54, 1.807) is 16.8 Å². The van der Waals surface area contributed by atoms with Gasteiger partial charge in [0.2, 0.25) is 0 Å². The van der Waals surface area contributed by atoms with Crippen molar-refractivity contribution in [1.82, 2.24) is 9.78 Å². The molecule has 0 saturated carbocycles. The first kappa shape index (κ1) is 15.4. The molecule has 0 radical (unpaired) electrons. The van der Waals surface area contributed by atoms with Crippen LogP contribution in [0.3, 0.4) is 0 Å². The maximum Gasteiger partial charge on any atom is 0.267 e. The number of benzene rings is 1. The molecule has 0 bridgehead atoms. The highest BCUT2D eigenvalue weighted by molar-refractivity contribution is 7.92. The van der Waals surface area contributed by atoms with E-state index in [1.165, 1.54) is 6.20 Å². The molecule has 1 aromatic heterocycles. The Balaban J connectivity index is 2.33. The molecule has 1 heterocycles. The molecule has 1 aromatic carbocycles. The summed E-state index contributed by atoms with van der Waals surface area (Å²) >= 11 is 0. The van der Waals surface area contributed by atoms with Gasteiger partial charge in [-0.15, -0.1) is 0 Å². The van der Waals surface area contributed by atoms with Gasteiger partial charge in [-0.2, -0.15) is 5.10 Å². The smallest absolute Gasteiger partial charge is 0.267 e. The van der Waals surface area contributed by atoms with Gasteiger partial charge in [0.25, 0.3) is 10.0 Å². The molecule has 6 nitrogen and oxygen atoms in total. The largest absolute Gasteiger partial charge is 0.381 e. The first-order valence-electron chi connectivity index (χ1n) is 6.76. The second kappa shape index (κ2) is 5.77. The molecule has 0 aliphatic heterocycles. The first-order valence-corrected chi connectivity index (χ1v) is 8.24. The monoisotopic (exact) mass is 308 g/mol. The second-order valence-electron chi connectivity index (χ2n) is 5.12. The summed E-state index contributed by atoms with van der Waals surface area (Å²) in [6.45, 7) is 6.44. The highest BCUT2D eigenvalue weighted by atomic mass is 32.2. The van der Waals surface area contributed by atoms with E-state index in [9.17, 15) is 8.42 Å². The third-order valence-electron chi connectivity index (χ3n) is 2.97. The van der Waals surface area contributed by atoms with Crippen molar-refractivity contribution in [2.45, 2.75) is 38.6 Å². The Morgan fingerprint density at radius 2 is 1.86 bits per heavy atom. The Morgan fingerprint density at radius 1 is 1.24 bits per heavy atom. The van der Waals surface area contributed by atoms with E-state index in [0.29, 0.717) is 12.2 Å². The van der Waals surface area contributed by atoms with Crippen LogP contribution >= 0.6 is 0 Å². The highest BCUT2D eigenvalue weighted by Gasteiger charge is 2.21. The minimum Gasteiger partial charge on any atom is -0.381 e.